The van der Waals surface area contributed by atoms with E-state index in [1.807, 2.05) is 19.2 Å². The van der Waals surface area contributed by atoms with E-state index in [-0.39, 0.29) is 0 Å². The highest BCUT2D eigenvalue weighted by Crippen LogP contribution is 2.58. The van der Waals surface area contributed by atoms with Crippen LogP contribution in [0.3, 0.4) is 0 Å². The van der Waals surface area contributed by atoms with Gasteiger partial charge in [-0.15, -0.1) is 0 Å². The van der Waals surface area contributed by atoms with Gasteiger partial charge in [0.15, 0.2) is 0 Å². The van der Waals surface area contributed by atoms with Crippen LogP contribution in [0.4, 0.5) is 0 Å². The minimum absolute atomic E-state index is 0.328. The Hall–Kier alpha value is -1.02. The lowest BCUT2D eigenvalue weighted by Gasteiger charge is -2.47. The molecule has 5 rings (SSSR count). The van der Waals surface area contributed by atoms with Crippen LogP contribution in [0.5, 0.6) is 0 Å². The highest BCUT2D eigenvalue weighted by Gasteiger charge is 2.45. The first-order valence-corrected chi connectivity index (χ1v) is 8.60. The molecule has 3 aliphatic rings. The highest BCUT2D eigenvalue weighted by atomic mass is 35.5. The molecule has 114 valence electrons. The van der Waals surface area contributed by atoms with Gasteiger partial charge in [-0.05, 0) is 72.8 Å². The van der Waals surface area contributed by atoms with Gasteiger partial charge in [0.25, 0.3) is 0 Å². The number of benzene rings is 2. The number of rotatable bonds is 2. The molecule has 22 heavy (non-hydrogen) atoms. The normalized spacial score (nSPS) is 25.0. The first-order valence-electron chi connectivity index (χ1n) is 7.85. The second kappa shape index (κ2) is 5.26. The maximum Gasteiger partial charge on any atom is 0.0447 e. The molecule has 0 radical (unpaired) electrons. The fourth-order valence-electron chi connectivity index (χ4n) is 4.61. The summed E-state index contributed by atoms with van der Waals surface area (Å²) >= 11 is 13.2. The molecule has 0 spiro atoms. The van der Waals surface area contributed by atoms with Crippen molar-refractivity contribution < 1.29 is 0 Å². The van der Waals surface area contributed by atoms with Crippen LogP contribution in [-0.2, 0) is 0 Å². The first-order chi connectivity index (χ1) is 10.6. The molecule has 2 aromatic carbocycles. The largest absolute Gasteiger partial charge is 0.319 e. The van der Waals surface area contributed by atoms with E-state index in [4.69, 9.17) is 23.2 Å². The summed E-state index contributed by atoms with van der Waals surface area (Å²) in [5.74, 6) is 1.33. The van der Waals surface area contributed by atoms with Gasteiger partial charge in [-0.3, -0.25) is 0 Å². The zero-order chi connectivity index (χ0) is 15.4. The lowest BCUT2D eigenvalue weighted by molar-refractivity contribution is 0.346. The summed E-state index contributed by atoms with van der Waals surface area (Å²) in [6.45, 7) is 3.23. The fraction of sp³-hybridized carbons (Fsp3) is 0.368. The van der Waals surface area contributed by atoms with Crippen molar-refractivity contribution in [1.82, 2.24) is 5.32 Å². The molecule has 2 bridgehead atoms. The summed E-state index contributed by atoms with van der Waals surface area (Å²) in [7, 11) is 2.03. The SMILES string of the molecule is CNCC1CC2c3c(Cl)cccc3C1c1c(C)ccc(Cl)c12. The maximum absolute atomic E-state index is 6.59. The van der Waals surface area contributed by atoms with Gasteiger partial charge in [0.1, 0.15) is 0 Å². The molecule has 3 aliphatic carbocycles. The van der Waals surface area contributed by atoms with Crippen molar-refractivity contribution in [3.05, 3.63) is 68.2 Å². The molecule has 0 saturated carbocycles. The van der Waals surface area contributed by atoms with E-state index in [1.54, 1.807) is 0 Å². The third-order valence-electron chi connectivity index (χ3n) is 5.36. The fourth-order valence-corrected chi connectivity index (χ4v) is 5.22. The molecule has 3 heteroatoms. The minimum atomic E-state index is 0.328. The van der Waals surface area contributed by atoms with Crippen LogP contribution >= 0.6 is 23.2 Å². The van der Waals surface area contributed by atoms with Crippen molar-refractivity contribution in [2.24, 2.45) is 5.92 Å². The number of halogens is 2. The summed E-state index contributed by atoms with van der Waals surface area (Å²) in [5.41, 5.74) is 6.82. The van der Waals surface area contributed by atoms with Gasteiger partial charge in [-0.25, -0.2) is 0 Å². The summed E-state index contributed by atoms with van der Waals surface area (Å²) in [5, 5.41) is 5.15. The second-order valence-corrected chi connectivity index (χ2v) is 7.33. The molecular formula is C19H19Cl2N. The first kappa shape index (κ1) is 14.6. The number of hydrogen-bond acceptors (Lipinski definition) is 1. The third-order valence-corrected chi connectivity index (χ3v) is 6.02. The van der Waals surface area contributed by atoms with E-state index < -0.39 is 0 Å². The molecule has 1 N–H and O–H groups in total. The molecule has 2 aromatic rings. The van der Waals surface area contributed by atoms with E-state index in [1.165, 1.54) is 27.8 Å². The predicted octanol–water partition coefficient (Wildman–Crippen LogP) is 5.12. The number of fused-ring (bicyclic) bond motifs is 1. The minimum Gasteiger partial charge on any atom is -0.319 e. The summed E-state index contributed by atoms with van der Waals surface area (Å²) < 4.78 is 0. The lowest BCUT2D eigenvalue weighted by Crippen LogP contribution is -2.37. The quantitative estimate of drug-likeness (QED) is 0.805. The Kier molecular flexibility index (Phi) is 3.48. The van der Waals surface area contributed by atoms with Crippen molar-refractivity contribution >= 4 is 23.2 Å². The van der Waals surface area contributed by atoms with Crippen molar-refractivity contribution in [2.75, 3.05) is 13.6 Å². The lowest BCUT2D eigenvalue weighted by atomic mass is 9.58. The maximum atomic E-state index is 6.59. The van der Waals surface area contributed by atoms with Crippen LogP contribution in [0.15, 0.2) is 30.3 Å². The van der Waals surface area contributed by atoms with E-state index in [0.717, 1.165) is 23.0 Å². The molecule has 0 heterocycles. The van der Waals surface area contributed by atoms with E-state index >= 15 is 0 Å². The van der Waals surface area contributed by atoms with Crippen LogP contribution in [-0.4, -0.2) is 13.6 Å². The van der Waals surface area contributed by atoms with Crippen LogP contribution in [0.1, 0.15) is 46.1 Å². The Balaban J connectivity index is 2.02. The molecule has 0 aliphatic heterocycles. The standard InChI is InChI=1S/C19H19Cl2N/c1-10-6-7-15(21)19-13-8-11(9-22-2)17(16(10)19)12-4-3-5-14(20)18(12)13/h3-7,11,13,17,22H,8-9H2,1-2H3. The van der Waals surface area contributed by atoms with Crippen LogP contribution in [0.2, 0.25) is 10.0 Å². The summed E-state index contributed by atoms with van der Waals surface area (Å²) in [6.07, 6.45) is 1.12. The average Bonchev–Trinajstić information content (AvgIpc) is 2.51. The van der Waals surface area contributed by atoms with Crippen LogP contribution in [0.25, 0.3) is 0 Å². The van der Waals surface area contributed by atoms with Gasteiger partial charge in [0, 0.05) is 21.9 Å². The Morgan fingerprint density at radius 2 is 1.82 bits per heavy atom. The monoisotopic (exact) mass is 331 g/mol. The third kappa shape index (κ3) is 1.89. The molecular weight excluding hydrogens is 313 g/mol. The predicted molar refractivity (Wildman–Crippen MR) is 93.4 cm³/mol. The van der Waals surface area contributed by atoms with E-state index in [9.17, 15) is 0 Å². The van der Waals surface area contributed by atoms with Crippen LogP contribution in [0, 0.1) is 12.8 Å². The van der Waals surface area contributed by atoms with Crippen molar-refractivity contribution in [1.29, 1.82) is 0 Å². The zero-order valence-electron chi connectivity index (χ0n) is 12.8. The van der Waals surface area contributed by atoms with Gasteiger partial charge in [0.2, 0.25) is 0 Å². The topological polar surface area (TPSA) is 12.0 Å². The van der Waals surface area contributed by atoms with Gasteiger partial charge < -0.3 is 5.32 Å². The smallest absolute Gasteiger partial charge is 0.0447 e. The van der Waals surface area contributed by atoms with Gasteiger partial charge >= 0.3 is 0 Å². The van der Waals surface area contributed by atoms with E-state index in [0.29, 0.717) is 17.8 Å². The molecule has 0 saturated heterocycles. The number of nitrogens with one attached hydrogen (secondary N) is 1. The Bertz CT molecular complexity index is 753. The molecule has 0 aromatic heterocycles. The molecule has 1 nitrogen and oxygen atoms in total. The molecule has 0 fully saturated rings. The van der Waals surface area contributed by atoms with Crippen molar-refractivity contribution in [3.63, 3.8) is 0 Å². The zero-order valence-corrected chi connectivity index (χ0v) is 14.3. The summed E-state index contributed by atoms with van der Waals surface area (Å²) in [4.78, 5) is 0. The second-order valence-electron chi connectivity index (χ2n) is 6.52. The van der Waals surface area contributed by atoms with Gasteiger partial charge in [-0.1, -0.05) is 41.4 Å². The van der Waals surface area contributed by atoms with Gasteiger partial charge in [0.05, 0.1) is 0 Å². The number of hydrogen-bond donors (Lipinski definition) is 1. The Morgan fingerprint density at radius 3 is 2.59 bits per heavy atom. The average molecular weight is 332 g/mol. The van der Waals surface area contributed by atoms with Crippen molar-refractivity contribution in [3.8, 4) is 0 Å². The molecule has 0 amide bonds. The van der Waals surface area contributed by atoms with Crippen molar-refractivity contribution in [2.45, 2.75) is 25.2 Å². The summed E-state index contributed by atoms with van der Waals surface area (Å²) in [6, 6.07) is 10.5. The Morgan fingerprint density at radius 1 is 1.05 bits per heavy atom. The van der Waals surface area contributed by atoms with E-state index in [2.05, 4.69) is 30.4 Å². The Labute approximate surface area is 141 Å². The number of aryl methyl sites for hydroxylation is 1. The molecule has 3 atom stereocenters. The molecule has 3 unspecified atom stereocenters. The van der Waals surface area contributed by atoms with Gasteiger partial charge in [-0.2, -0.15) is 0 Å². The van der Waals surface area contributed by atoms with Crippen LogP contribution < -0.4 is 5.32 Å². The highest BCUT2D eigenvalue weighted by molar-refractivity contribution is 6.32.